The van der Waals surface area contributed by atoms with Crippen LogP contribution < -0.4 is 0 Å². The molecule has 32 heavy (non-hydrogen) atoms. The van der Waals surface area contributed by atoms with Crippen LogP contribution in [0.15, 0.2) is 0 Å². The first-order chi connectivity index (χ1) is 14.8. The molecule has 0 N–H and O–H groups in total. The predicted octanol–water partition coefficient (Wildman–Crippen LogP) is 5.35. The van der Waals surface area contributed by atoms with E-state index in [-0.39, 0.29) is 0 Å². The standard InChI is InChI=1S/C20H56O5Si7/c1-13-15-18-30(10,11)25-32(23-26(5)6,24-27(7)8)20-17-29(28(9)21-3)31(12,22-4)19-16-14-2/h26-29H,13-20H2,1-12H3. The molecular formula is C20H56O5Si7. The van der Waals surface area contributed by atoms with Crippen molar-refractivity contribution in [2.45, 2.75) is 116 Å². The Balaban J connectivity index is 5.99. The SMILES string of the molecule is CCCC[Si](C)(C)O[Si](CC[SiH]([SiH](C)OC)[Si](C)(CCCC)OC)(O[SiH](C)C)O[SiH](C)C. The molecule has 0 aliphatic heterocycles. The van der Waals surface area contributed by atoms with Crippen molar-refractivity contribution in [3.63, 3.8) is 0 Å². The first kappa shape index (κ1) is 33.3. The average molecular weight is 573 g/mol. The van der Waals surface area contributed by atoms with E-state index in [2.05, 4.69) is 66.2 Å². The highest BCUT2D eigenvalue weighted by molar-refractivity contribution is 7.53. The number of rotatable bonds is 19. The highest BCUT2D eigenvalue weighted by Crippen LogP contribution is 2.31. The smallest absolute Gasteiger partial charge is 0.427 e. The molecule has 0 fully saturated rings. The van der Waals surface area contributed by atoms with Crippen LogP contribution in [0.3, 0.4) is 0 Å². The molecule has 0 aromatic carbocycles. The molecule has 0 aliphatic carbocycles. The molecule has 0 aromatic rings. The van der Waals surface area contributed by atoms with Crippen LogP contribution in [-0.4, -0.2) is 73.6 Å². The fourth-order valence-electron chi connectivity index (χ4n) is 4.54. The second kappa shape index (κ2) is 16.1. The van der Waals surface area contributed by atoms with Gasteiger partial charge in [0.25, 0.3) is 0 Å². The summed E-state index contributed by atoms with van der Waals surface area (Å²) >= 11 is 0. The molecule has 0 aromatic heterocycles. The maximum Gasteiger partial charge on any atom is 0.468 e. The van der Waals surface area contributed by atoms with Crippen LogP contribution in [-0.2, 0) is 21.2 Å². The molecule has 0 saturated carbocycles. The molecule has 0 aliphatic rings. The lowest BCUT2D eigenvalue weighted by Gasteiger charge is -2.42. The van der Waals surface area contributed by atoms with Gasteiger partial charge in [0.15, 0.2) is 42.8 Å². The number of hydrogen-bond acceptors (Lipinski definition) is 5. The van der Waals surface area contributed by atoms with Gasteiger partial charge in [0.05, 0.1) is 7.83 Å². The number of hydrogen-bond donors (Lipinski definition) is 0. The van der Waals surface area contributed by atoms with Crippen molar-refractivity contribution < 1.29 is 21.2 Å². The monoisotopic (exact) mass is 572 g/mol. The zero-order valence-corrected chi connectivity index (χ0v) is 31.1. The third-order valence-corrected chi connectivity index (χ3v) is 49.1. The Labute approximate surface area is 210 Å². The van der Waals surface area contributed by atoms with Gasteiger partial charge < -0.3 is 21.2 Å². The summed E-state index contributed by atoms with van der Waals surface area (Å²) in [4.78, 5) is 0. The zero-order chi connectivity index (χ0) is 25.0. The highest BCUT2D eigenvalue weighted by Gasteiger charge is 2.50. The molecule has 194 valence electrons. The summed E-state index contributed by atoms with van der Waals surface area (Å²) in [5.74, 6) is 0. The minimum atomic E-state index is -2.70. The molecule has 0 amide bonds. The molecule has 3 atom stereocenters. The van der Waals surface area contributed by atoms with Crippen LogP contribution in [0.5, 0.6) is 0 Å². The quantitative estimate of drug-likeness (QED) is 0.195. The lowest BCUT2D eigenvalue weighted by Crippen LogP contribution is -2.61. The second-order valence-electron chi connectivity index (χ2n) is 10.7. The summed E-state index contributed by atoms with van der Waals surface area (Å²) in [7, 11) is -7.45. The maximum absolute atomic E-state index is 7.11. The van der Waals surface area contributed by atoms with Gasteiger partial charge in [-0.3, -0.25) is 0 Å². The van der Waals surface area contributed by atoms with Crippen LogP contribution in [0.4, 0.5) is 0 Å². The van der Waals surface area contributed by atoms with E-state index < -0.39 is 59.4 Å². The Morgan fingerprint density at radius 3 is 1.62 bits per heavy atom. The van der Waals surface area contributed by atoms with Crippen LogP contribution in [0.25, 0.3) is 0 Å². The molecule has 12 heteroatoms. The summed E-state index contributed by atoms with van der Waals surface area (Å²) < 4.78 is 33.3. The number of unbranched alkanes of at least 4 members (excludes halogenated alkanes) is 2. The lowest BCUT2D eigenvalue weighted by atomic mass is 10.4. The second-order valence-corrected chi connectivity index (χ2v) is 43.8. The Hall–Kier alpha value is 1.32. The van der Waals surface area contributed by atoms with Gasteiger partial charge in [-0.2, -0.15) is 0 Å². The van der Waals surface area contributed by atoms with Crippen molar-refractivity contribution in [3.05, 3.63) is 0 Å². The van der Waals surface area contributed by atoms with E-state index in [4.69, 9.17) is 21.2 Å². The summed E-state index contributed by atoms with van der Waals surface area (Å²) in [6.45, 7) is 23.3. The van der Waals surface area contributed by atoms with Gasteiger partial charge in [-0.1, -0.05) is 52.1 Å². The van der Waals surface area contributed by atoms with Crippen molar-refractivity contribution >= 4 is 59.4 Å². The predicted molar refractivity (Wildman–Crippen MR) is 159 cm³/mol. The summed E-state index contributed by atoms with van der Waals surface area (Å²) in [5, 5.41) is 0. The van der Waals surface area contributed by atoms with Gasteiger partial charge in [0, 0.05) is 20.3 Å². The van der Waals surface area contributed by atoms with Gasteiger partial charge in [-0.05, 0) is 57.9 Å². The van der Waals surface area contributed by atoms with Crippen LogP contribution in [0, 0.1) is 0 Å². The van der Waals surface area contributed by atoms with E-state index in [1.165, 1.54) is 43.8 Å². The molecule has 0 radical (unpaired) electrons. The Morgan fingerprint density at radius 2 is 1.22 bits per heavy atom. The van der Waals surface area contributed by atoms with E-state index in [1.807, 2.05) is 14.2 Å². The van der Waals surface area contributed by atoms with E-state index >= 15 is 0 Å². The van der Waals surface area contributed by atoms with E-state index in [0.29, 0.717) is 0 Å². The molecule has 0 saturated heterocycles. The summed E-state index contributed by atoms with van der Waals surface area (Å²) in [6, 6.07) is 4.65. The fourth-order valence-corrected chi connectivity index (χ4v) is 51.1. The third kappa shape index (κ3) is 12.3. The molecule has 3 unspecified atom stereocenters. The third-order valence-electron chi connectivity index (χ3n) is 6.37. The minimum Gasteiger partial charge on any atom is -0.427 e. The zero-order valence-electron chi connectivity index (χ0n) is 23.5. The van der Waals surface area contributed by atoms with Crippen molar-refractivity contribution in [2.24, 2.45) is 0 Å². The van der Waals surface area contributed by atoms with Crippen molar-refractivity contribution in [2.75, 3.05) is 14.2 Å². The van der Waals surface area contributed by atoms with Crippen LogP contribution >= 0.6 is 0 Å². The van der Waals surface area contributed by atoms with Gasteiger partial charge in [-0.25, -0.2) is 0 Å². The molecule has 0 heterocycles. The van der Waals surface area contributed by atoms with E-state index in [9.17, 15) is 0 Å². The summed E-state index contributed by atoms with van der Waals surface area (Å²) in [5.41, 5.74) is 0. The molecule has 0 spiro atoms. The molecule has 0 rings (SSSR count). The Bertz CT molecular complexity index is 489. The van der Waals surface area contributed by atoms with Crippen LogP contribution in [0.2, 0.25) is 76.6 Å². The first-order valence-corrected chi connectivity index (χ1v) is 33.1. The summed E-state index contributed by atoms with van der Waals surface area (Å²) in [6.07, 6.45) is 4.96. The largest absolute Gasteiger partial charge is 0.468 e. The van der Waals surface area contributed by atoms with E-state index in [1.54, 1.807) is 0 Å². The van der Waals surface area contributed by atoms with Gasteiger partial charge in [0.2, 0.25) is 0 Å². The Kier molecular flexibility index (Phi) is 16.8. The van der Waals surface area contributed by atoms with Crippen LogP contribution in [0.1, 0.15) is 39.5 Å². The first-order valence-electron chi connectivity index (χ1n) is 12.9. The van der Waals surface area contributed by atoms with Crippen molar-refractivity contribution in [1.29, 1.82) is 0 Å². The van der Waals surface area contributed by atoms with Gasteiger partial charge >= 0.3 is 8.80 Å². The lowest BCUT2D eigenvalue weighted by molar-refractivity contribution is 0.262. The minimum absolute atomic E-state index is 0.988. The van der Waals surface area contributed by atoms with Crippen molar-refractivity contribution in [3.8, 4) is 0 Å². The average Bonchev–Trinajstić information content (AvgIpc) is 2.69. The van der Waals surface area contributed by atoms with E-state index in [0.717, 1.165) is 6.04 Å². The van der Waals surface area contributed by atoms with Gasteiger partial charge in [-0.15, -0.1) is 0 Å². The normalized spacial score (nSPS) is 17.1. The fraction of sp³-hybridized carbons (Fsp3) is 1.00. The molecule has 5 nitrogen and oxygen atoms in total. The van der Waals surface area contributed by atoms with Crippen molar-refractivity contribution in [1.82, 2.24) is 0 Å². The van der Waals surface area contributed by atoms with Gasteiger partial charge in [0.1, 0.15) is 0 Å². The Morgan fingerprint density at radius 1 is 0.719 bits per heavy atom. The molecular weight excluding hydrogens is 517 g/mol. The topological polar surface area (TPSA) is 46.2 Å². The maximum atomic E-state index is 7.11. The highest BCUT2D eigenvalue weighted by atomic mass is 29.6. The molecule has 0 bridgehead atoms.